The Morgan fingerprint density at radius 1 is 0.846 bits per heavy atom. The number of benzene rings is 3. The predicted octanol–water partition coefficient (Wildman–Crippen LogP) is 4.86. The molecule has 0 amide bonds. The van der Waals surface area contributed by atoms with Crippen molar-refractivity contribution in [3.63, 3.8) is 0 Å². The molecular weight excluding hydrogens is 328 g/mol. The number of aryl methyl sites for hydroxylation is 1. The lowest BCUT2D eigenvalue weighted by Gasteiger charge is -2.15. The summed E-state index contributed by atoms with van der Waals surface area (Å²) in [5.41, 5.74) is 1.96. The zero-order chi connectivity index (χ0) is 18.4. The van der Waals surface area contributed by atoms with E-state index >= 15 is 0 Å². The van der Waals surface area contributed by atoms with Gasteiger partial charge in [-0.2, -0.15) is 0 Å². The average Bonchev–Trinajstić information content (AvgIpc) is 2.65. The molecule has 0 aliphatic heterocycles. The van der Waals surface area contributed by atoms with E-state index in [9.17, 15) is 9.90 Å². The maximum Gasteiger partial charge on any atom is 0.345 e. The van der Waals surface area contributed by atoms with Gasteiger partial charge >= 0.3 is 5.97 Å². The fourth-order valence-corrected chi connectivity index (χ4v) is 2.49. The van der Waals surface area contributed by atoms with Crippen molar-refractivity contribution >= 4 is 5.97 Å². The first kappa shape index (κ1) is 17.5. The number of para-hydroxylation sites is 1. The molecule has 3 aromatic carbocycles. The third-order valence-electron chi connectivity index (χ3n) is 3.90. The molecular formula is C22H20O4. The lowest BCUT2D eigenvalue weighted by molar-refractivity contribution is -0.145. The van der Waals surface area contributed by atoms with Crippen LogP contribution in [-0.2, 0) is 11.2 Å². The highest BCUT2D eigenvalue weighted by molar-refractivity contribution is 5.73. The number of carbonyl (C=O) groups is 1. The highest BCUT2D eigenvalue weighted by atomic mass is 16.5. The highest BCUT2D eigenvalue weighted by Gasteiger charge is 2.20. The van der Waals surface area contributed by atoms with Crippen molar-refractivity contribution in [3.05, 3.63) is 90.0 Å². The van der Waals surface area contributed by atoms with Crippen LogP contribution in [-0.4, -0.2) is 17.2 Å². The number of hydrogen-bond acceptors (Lipinski definition) is 3. The average molecular weight is 348 g/mol. The first-order chi connectivity index (χ1) is 12.6. The summed E-state index contributed by atoms with van der Waals surface area (Å²) in [6.45, 7) is 1.97. The molecule has 1 atom stereocenters. The van der Waals surface area contributed by atoms with E-state index in [-0.39, 0.29) is 6.42 Å². The van der Waals surface area contributed by atoms with E-state index < -0.39 is 12.1 Å². The molecule has 0 spiro atoms. The normalized spacial score (nSPS) is 11.6. The largest absolute Gasteiger partial charge is 0.478 e. The van der Waals surface area contributed by atoms with Crippen LogP contribution in [0.5, 0.6) is 17.2 Å². The van der Waals surface area contributed by atoms with Crippen molar-refractivity contribution in [1.29, 1.82) is 0 Å². The molecule has 0 saturated carbocycles. The lowest BCUT2D eigenvalue weighted by atomic mass is 10.1. The summed E-state index contributed by atoms with van der Waals surface area (Å²) in [6, 6.07) is 24.2. The smallest absolute Gasteiger partial charge is 0.345 e. The van der Waals surface area contributed by atoms with E-state index in [2.05, 4.69) is 0 Å². The second kappa shape index (κ2) is 8.21. The molecule has 0 aromatic heterocycles. The Balaban J connectivity index is 1.65. The minimum Gasteiger partial charge on any atom is -0.478 e. The Hall–Kier alpha value is -3.27. The van der Waals surface area contributed by atoms with Crippen molar-refractivity contribution in [2.45, 2.75) is 19.4 Å². The summed E-state index contributed by atoms with van der Waals surface area (Å²) < 4.78 is 11.4. The molecule has 0 saturated heterocycles. The predicted molar refractivity (Wildman–Crippen MR) is 99.9 cm³/mol. The van der Waals surface area contributed by atoms with Gasteiger partial charge in [-0.15, -0.1) is 0 Å². The first-order valence-electron chi connectivity index (χ1n) is 8.38. The van der Waals surface area contributed by atoms with Gasteiger partial charge in [0.05, 0.1) is 0 Å². The van der Waals surface area contributed by atoms with Crippen molar-refractivity contribution in [1.82, 2.24) is 0 Å². The summed E-state index contributed by atoms with van der Waals surface area (Å²) in [6.07, 6.45) is -0.673. The molecule has 1 N–H and O–H groups in total. The van der Waals surface area contributed by atoms with Gasteiger partial charge in [-0.1, -0.05) is 48.0 Å². The Morgan fingerprint density at radius 3 is 2.04 bits per heavy atom. The molecule has 26 heavy (non-hydrogen) atoms. The third-order valence-corrected chi connectivity index (χ3v) is 3.90. The van der Waals surface area contributed by atoms with E-state index in [1.54, 1.807) is 12.1 Å². The monoisotopic (exact) mass is 348 g/mol. The third kappa shape index (κ3) is 4.86. The number of rotatable bonds is 7. The summed E-state index contributed by atoms with van der Waals surface area (Å²) in [5.74, 6) is 1.01. The quantitative estimate of drug-likeness (QED) is 0.662. The van der Waals surface area contributed by atoms with Gasteiger partial charge in [-0.05, 0) is 48.9 Å². The van der Waals surface area contributed by atoms with E-state index in [0.29, 0.717) is 11.5 Å². The van der Waals surface area contributed by atoms with Crippen LogP contribution in [0.3, 0.4) is 0 Å². The molecule has 0 radical (unpaired) electrons. The van der Waals surface area contributed by atoms with Crippen molar-refractivity contribution in [2.75, 3.05) is 0 Å². The SMILES string of the molecule is Cc1ccc(O[C@@H](Cc2ccc(Oc3ccccc3)cc2)C(=O)O)cc1. The van der Waals surface area contributed by atoms with E-state index in [1.807, 2.05) is 73.7 Å². The van der Waals surface area contributed by atoms with Crippen LogP contribution in [0.15, 0.2) is 78.9 Å². The molecule has 132 valence electrons. The van der Waals surface area contributed by atoms with Crippen LogP contribution in [0.2, 0.25) is 0 Å². The van der Waals surface area contributed by atoms with Crippen molar-refractivity contribution in [3.8, 4) is 17.2 Å². The maximum absolute atomic E-state index is 11.5. The molecule has 0 fully saturated rings. The molecule has 0 heterocycles. The molecule has 0 unspecified atom stereocenters. The molecule has 0 aliphatic carbocycles. The van der Waals surface area contributed by atoms with Gasteiger partial charge in [0.25, 0.3) is 0 Å². The molecule has 3 aromatic rings. The Morgan fingerprint density at radius 2 is 1.42 bits per heavy atom. The zero-order valence-corrected chi connectivity index (χ0v) is 14.5. The van der Waals surface area contributed by atoms with E-state index in [1.165, 1.54) is 0 Å². The van der Waals surface area contributed by atoms with Crippen LogP contribution < -0.4 is 9.47 Å². The van der Waals surface area contributed by atoms with Gasteiger partial charge in [-0.3, -0.25) is 0 Å². The molecule has 4 nitrogen and oxygen atoms in total. The molecule has 4 heteroatoms. The van der Waals surface area contributed by atoms with Crippen LogP contribution in [0.25, 0.3) is 0 Å². The number of carboxylic acid groups (broad SMARTS) is 1. The molecule has 0 aliphatic rings. The second-order valence-electron chi connectivity index (χ2n) is 6.02. The van der Waals surface area contributed by atoms with E-state index in [4.69, 9.17) is 9.47 Å². The summed E-state index contributed by atoms with van der Waals surface area (Å²) in [4.78, 5) is 11.5. The molecule has 0 bridgehead atoms. The fraction of sp³-hybridized carbons (Fsp3) is 0.136. The topological polar surface area (TPSA) is 55.8 Å². The Bertz CT molecular complexity index is 840. The fourth-order valence-electron chi connectivity index (χ4n) is 2.49. The number of aliphatic carboxylic acids is 1. The van der Waals surface area contributed by atoms with Crippen molar-refractivity contribution in [2.24, 2.45) is 0 Å². The Kier molecular flexibility index (Phi) is 5.54. The van der Waals surface area contributed by atoms with Crippen LogP contribution in [0.4, 0.5) is 0 Å². The van der Waals surface area contributed by atoms with Crippen LogP contribution in [0, 0.1) is 6.92 Å². The standard InChI is InChI=1S/C22H20O4/c1-16-7-11-20(12-8-16)26-21(22(23)24)15-17-9-13-19(14-10-17)25-18-5-3-2-4-6-18/h2-14,21H,15H2,1H3,(H,23,24)/t21-/m0/s1. The zero-order valence-electron chi connectivity index (χ0n) is 14.5. The first-order valence-corrected chi connectivity index (χ1v) is 8.38. The minimum absolute atomic E-state index is 0.273. The summed E-state index contributed by atoms with van der Waals surface area (Å²) >= 11 is 0. The Labute approximate surface area is 152 Å². The van der Waals surface area contributed by atoms with Crippen LogP contribution >= 0.6 is 0 Å². The number of ether oxygens (including phenoxy) is 2. The van der Waals surface area contributed by atoms with Gasteiger partial charge in [0.15, 0.2) is 6.10 Å². The van der Waals surface area contributed by atoms with Gasteiger partial charge in [0, 0.05) is 6.42 Å². The maximum atomic E-state index is 11.5. The number of hydrogen-bond donors (Lipinski definition) is 1. The highest BCUT2D eigenvalue weighted by Crippen LogP contribution is 2.22. The van der Waals surface area contributed by atoms with Gasteiger partial charge in [0.1, 0.15) is 17.2 Å². The lowest BCUT2D eigenvalue weighted by Crippen LogP contribution is -2.29. The minimum atomic E-state index is -0.991. The van der Waals surface area contributed by atoms with E-state index in [0.717, 1.165) is 16.9 Å². The number of carboxylic acids is 1. The summed E-state index contributed by atoms with van der Waals surface area (Å²) in [5, 5.41) is 9.45. The van der Waals surface area contributed by atoms with Crippen LogP contribution in [0.1, 0.15) is 11.1 Å². The second-order valence-corrected chi connectivity index (χ2v) is 6.02. The van der Waals surface area contributed by atoms with Gasteiger partial charge in [0.2, 0.25) is 0 Å². The van der Waals surface area contributed by atoms with Gasteiger partial charge < -0.3 is 14.6 Å². The molecule has 3 rings (SSSR count). The van der Waals surface area contributed by atoms with Gasteiger partial charge in [-0.25, -0.2) is 4.79 Å². The van der Waals surface area contributed by atoms with Crippen molar-refractivity contribution < 1.29 is 19.4 Å². The summed E-state index contributed by atoms with van der Waals surface area (Å²) in [7, 11) is 0.